The number of anilines is 1. The van der Waals surface area contributed by atoms with Gasteiger partial charge in [0.05, 0.1) is 22.9 Å². The zero-order chi connectivity index (χ0) is 20.9. The van der Waals surface area contributed by atoms with Gasteiger partial charge in [0.15, 0.2) is 0 Å². The molecule has 4 nitrogen and oxygen atoms in total. The molecule has 0 aliphatic heterocycles. The summed E-state index contributed by atoms with van der Waals surface area (Å²) in [5.74, 6) is -0.478. The van der Waals surface area contributed by atoms with Gasteiger partial charge in [0.1, 0.15) is 5.60 Å². The molecule has 0 fully saturated rings. The molecule has 2 N–H and O–H groups in total. The van der Waals surface area contributed by atoms with Crippen LogP contribution in [0.2, 0.25) is 5.02 Å². The number of carbonyl (C=O) groups is 1. The lowest BCUT2D eigenvalue weighted by molar-refractivity contribution is -0.136. The highest BCUT2D eigenvalue weighted by Gasteiger charge is 2.37. The maximum atomic E-state index is 13.0. The van der Waals surface area contributed by atoms with Crippen molar-refractivity contribution in [3.8, 4) is 0 Å². The minimum atomic E-state index is -1.54. The van der Waals surface area contributed by atoms with E-state index in [1.165, 1.54) is 11.8 Å². The number of aliphatic hydroxyl groups is 2. The molecule has 1 amide bonds. The van der Waals surface area contributed by atoms with Crippen LogP contribution >= 0.6 is 23.4 Å². The highest BCUT2D eigenvalue weighted by molar-refractivity contribution is 7.99. The number of benzene rings is 2. The number of halogens is 1. The van der Waals surface area contributed by atoms with E-state index in [-0.39, 0.29) is 13.0 Å². The predicted octanol–water partition coefficient (Wildman–Crippen LogP) is 5.15. The number of carbonyl (C=O) groups excluding carboxylic acids is 1. The van der Waals surface area contributed by atoms with Crippen LogP contribution in [0.15, 0.2) is 58.3 Å². The summed E-state index contributed by atoms with van der Waals surface area (Å²) < 4.78 is 0. The summed E-state index contributed by atoms with van der Waals surface area (Å²) in [6, 6.07) is 15.4. The first-order valence-corrected chi connectivity index (χ1v) is 10.6. The highest BCUT2D eigenvalue weighted by Crippen LogP contribution is 2.36. The number of rotatable bonds is 8. The van der Waals surface area contributed by atoms with Crippen LogP contribution in [0.4, 0.5) is 5.69 Å². The van der Waals surface area contributed by atoms with Crippen molar-refractivity contribution < 1.29 is 15.0 Å². The van der Waals surface area contributed by atoms with Crippen LogP contribution in [0.3, 0.4) is 0 Å². The van der Waals surface area contributed by atoms with E-state index in [0.29, 0.717) is 17.1 Å². The minimum absolute atomic E-state index is 0.0450. The van der Waals surface area contributed by atoms with Crippen molar-refractivity contribution in [3.63, 3.8) is 0 Å². The fraction of sp³-hybridized carbons (Fsp3) is 0.409. The smallest absolute Gasteiger partial charge is 0.258 e. The van der Waals surface area contributed by atoms with Crippen molar-refractivity contribution in [1.82, 2.24) is 0 Å². The van der Waals surface area contributed by atoms with Crippen molar-refractivity contribution in [3.05, 3.63) is 53.6 Å². The number of amides is 1. The van der Waals surface area contributed by atoms with Gasteiger partial charge in [-0.1, -0.05) is 55.4 Å². The zero-order valence-corrected chi connectivity index (χ0v) is 18.3. The van der Waals surface area contributed by atoms with E-state index in [0.717, 1.165) is 9.79 Å². The molecule has 2 rings (SSSR count). The Labute approximate surface area is 176 Å². The molecule has 2 aromatic rings. The third-order valence-corrected chi connectivity index (χ3v) is 6.14. The number of hydrogen-bond acceptors (Lipinski definition) is 4. The van der Waals surface area contributed by atoms with E-state index in [9.17, 15) is 15.0 Å². The van der Waals surface area contributed by atoms with E-state index in [1.54, 1.807) is 37.7 Å². The predicted molar refractivity (Wildman–Crippen MR) is 116 cm³/mol. The second kappa shape index (κ2) is 9.31. The fourth-order valence-electron chi connectivity index (χ4n) is 2.56. The molecule has 0 bridgehead atoms. The van der Waals surface area contributed by atoms with E-state index in [4.69, 9.17) is 11.6 Å². The molecule has 6 heteroatoms. The molecule has 2 unspecified atom stereocenters. The van der Waals surface area contributed by atoms with Gasteiger partial charge in [-0.2, -0.15) is 0 Å². The van der Waals surface area contributed by atoms with Crippen molar-refractivity contribution >= 4 is 35.0 Å². The van der Waals surface area contributed by atoms with Gasteiger partial charge in [0.25, 0.3) is 5.91 Å². The van der Waals surface area contributed by atoms with E-state index in [1.807, 2.05) is 43.3 Å². The number of hydrogen-bond donors (Lipinski definition) is 2. The molecule has 2 atom stereocenters. The van der Waals surface area contributed by atoms with Crippen LogP contribution in [-0.4, -0.2) is 33.9 Å². The highest BCUT2D eigenvalue weighted by atomic mass is 35.5. The summed E-state index contributed by atoms with van der Waals surface area (Å²) in [6.07, 6.45) is 0.723. The van der Waals surface area contributed by atoms with Gasteiger partial charge in [-0.15, -0.1) is 0 Å². The second-order valence-corrected chi connectivity index (χ2v) is 8.95. The molecule has 0 aliphatic rings. The van der Waals surface area contributed by atoms with Gasteiger partial charge < -0.3 is 15.1 Å². The SMILES string of the molecule is CCC(C)(O)CN(C(=O)C(C)(O)CC)c1ccc(Sc2ccccc2)cc1Cl. The summed E-state index contributed by atoms with van der Waals surface area (Å²) >= 11 is 8.10. The Morgan fingerprint density at radius 1 is 1.04 bits per heavy atom. The lowest BCUT2D eigenvalue weighted by atomic mass is 9.98. The Morgan fingerprint density at radius 2 is 1.68 bits per heavy atom. The molecule has 0 radical (unpaired) electrons. The molecule has 0 heterocycles. The van der Waals surface area contributed by atoms with Crippen LogP contribution in [-0.2, 0) is 4.79 Å². The Hall–Kier alpha value is -1.53. The monoisotopic (exact) mass is 421 g/mol. The molecule has 2 aromatic carbocycles. The zero-order valence-electron chi connectivity index (χ0n) is 16.8. The summed E-state index contributed by atoms with van der Waals surface area (Å²) in [7, 11) is 0. The topological polar surface area (TPSA) is 60.8 Å². The van der Waals surface area contributed by atoms with E-state index >= 15 is 0 Å². The molecule has 0 saturated carbocycles. The van der Waals surface area contributed by atoms with Crippen molar-refractivity contribution in [2.24, 2.45) is 0 Å². The minimum Gasteiger partial charge on any atom is -0.388 e. The summed E-state index contributed by atoms with van der Waals surface area (Å²) in [6.45, 7) is 6.79. The molecule has 0 aliphatic carbocycles. The lowest BCUT2D eigenvalue weighted by Crippen LogP contribution is -2.52. The van der Waals surface area contributed by atoms with Gasteiger partial charge in [-0.3, -0.25) is 4.79 Å². The Balaban J connectivity index is 2.38. The third-order valence-electron chi connectivity index (χ3n) is 4.84. The van der Waals surface area contributed by atoms with E-state index < -0.39 is 17.1 Å². The fourth-order valence-corrected chi connectivity index (χ4v) is 3.78. The van der Waals surface area contributed by atoms with Gasteiger partial charge in [0.2, 0.25) is 0 Å². The van der Waals surface area contributed by atoms with Crippen molar-refractivity contribution in [2.75, 3.05) is 11.4 Å². The molecular weight excluding hydrogens is 394 g/mol. The third kappa shape index (κ3) is 5.74. The molecule has 152 valence electrons. The van der Waals surface area contributed by atoms with Crippen LogP contribution in [0, 0.1) is 0 Å². The van der Waals surface area contributed by atoms with Gasteiger partial charge in [0, 0.05) is 9.79 Å². The van der Waals surface area contributed by atoms with Gasteiger partial charge in [-0.25, -0.2) is 0 Å². The normalized spacial score (nSPS) is 15.5. The Morgan fingerprint density at radius 3 is 2.21 bits per heavy atom. The maximum absolute atomic E-state index is 13.0. The number of nitrogens with zero attached hydrogens (tertiary/aromatic N) is 1. The van der Waals surface area contributed by atoms with Crippen LogP contribution in [0.25, 0.3) is 0 Å². The molecule has 0 aromatic heterocycles. The van der Waals surface area contributed by atoms with Crippen LogP contribution < -0.4 is 4.90 Å². The first-order chi connectivity index (χ1) is 13.1. The van der Waals surface area contributed by atoms with Crippen molar-refractivity contribution in [2.45, 2.75) is 61.5 Å². The lowest BCUT2D eigenvalue weighted by Gasteiger charge is -2.35. The van der Waals surface area contributed by atoms with Crippen LogP contribution in [0.5, 0.6) is 0 Å². The summed E-state index contributed by atoms with van der Waals surface area (Å²) in [4.78, 5) is 16.4. The quantitative estimate of drug-likeness (QED) is 0.619. The Bertz CT molecular complexity index is 809. The molecule has 0 saturated heterocycles. The average molecular weight is 422 g/mol. The average Bonchev–Trinajstić information content (AvgIpc) is 2.67. The summed E-state index contributed by atoms with van der Waals surface area (Å²) in [5.41, 5.74) is -2.16. The first kappa shape index (κ1) is 22.8. The second-order valence-electron chi connectivity index (χ2n) is 7.40. The Kier molecular flexibility index (Phi) is 7.57. The van der Waals surface area contributed by atoms with Gasteiger partial charge >= 0.3 is 0 Å². The van der Waals surface area contributed by atoms with Crippen molar-refractivity contribution in [1.29, 1.82) is 0 Å². The maximum Gasteiger partial charge on any atom is 0.258 e. The van der Waals surface area contributed by atoms with Crippen LogP contribution in [0.1, 0.15) is 40.5 Å². The molecule has 28 heavy (non-hydrogen) atoms. The first-order valence-electron chi connectivity index (χ1n) is 9.39. The molecule has 0 spiro atoms. The summed E-state index contributed by atoms with van der Waals surface area (Å²) in [5, 5.41) is 21.5. The largest absolute Gasteiger partial charge is 0.388 e. The standard InChI is InChI=1S/C22H28ClNO3S/c1-5-21(3,26)15-24(20(25)22(4,27)6-2)19-13-12-17(14-18(19)23)28-16-10-8-7-9-11-16/h7-14,26-27H,5-6,15H2,1-4H3. The van der Waals surface area contributed by atoms with E-state index in [2.05, 4.69) is 0 Å². The molecular formula is C22H28ClNO3S. The van der Waals surface area contributed by atoms with Gasteiger partial charge in [-0.05, 0) is 57.0 Å².